The Morgan fingerprint density at radius 3 is 1.07 bits per heavy atom. The summed E-state index contributed by atoms with van der Waals surface area (Å²) in [5.41, 5.74) is 9.51. The van der Waals surface area contributed by atoms with Gasteiger partial charge in [-0.3, -0.25) is 9.97 Å². The number of nitriles is 2. The molecule has 4 heteroatoms. The molecule has 0 aliphatic carbocycles. The van der Waals surface area contributed by atoms with Gasteiger partial charge in [0.2, 0.25) is 0 Å². The number of rotatable bonds is 4. The molecule has 0 aliphatic rings. The molecule has 0 unspecified atom stereocenters. The predicted octanol–water partition coefficient (Wildman–Crippen LogP) is 9.79. The van der Waals surface area contributed by atoms with Crippen LogP contribution in [-0.4, -0.2) is 9.97 Å². The van der Waals surface area contributed by atoms with Crippen molar-refractivity contribution in [1.29, 1.82) is 10.5 Å². The van der Waals surface area contributed by atoms with Gasteiger partial charge in [-0.1, -0.05) is 72.8 Å². The van der Waals surface area contributed by atoms with Crippen LogP contribution < -0.4 is 0 Å². The van der Waals surface area contributed by atoms with Crippen molar-refractivity contribution in [1.82, 2.24) is 9.97 Å². The van der Waals surface area contributed by atoms with Crippen molar-refractivity contribution in [2.24, 2.45) is 0 Å². The fourth-order valence-electron chi connectivity index (χ4n) is 6.33. The van der Waals surface area contributed by atoms with E-state index in [1.807, 2.05) is 12.1 Å². The minimum Gasteiger partial charge on any atom is -0.263 e. The lowest BCUT2D eigenvalue weighted by Crippen LogP contribution is -1.89. The number of pyridine rings is 2. The quantitative estimate of drug-likeness (QED) is 0.202. The van der Waals surface area contributed by atoms with Gasteiger partial charge in [-0.2, -0.15) is 10.5 Å². The van der Waals surface area contributed by atoms with E-state index >= 15 is 0 Å². The average molecular weight is 559 g/mol. The van der Waals surface area contributed by atoms with E-state index in [0.717, 1.165) is 44.5 Å². The maximum atomic E-state index is 9.48. The zero-order valence-electron chi connectivity index (χ0n) is 23.5. The smallest absolute Gasteiger partial charge is 0.101 e. The maximum absolute atomic E-state index is 9.48. The van der Waals surface area contributed by atoms with E-state index in [2.05, 4.69) is 119 Å². The second kappa shape index (κ2) is 10.2. The van der Waals surface area contributed by atoms with Gasteiger partial charge in [0.05, 0.1) is 11.1 Å². The Hall–Kier alpha value is -6.36. The SMILES string of the molecule is N#Cc1cnccc1-c1ccc(-c2cc3ccc4cc(-c5ccc(-c6ccncc6C#N)cc5)cc5ccc(c2)c3c45)cc1. The van der Waals surface area contributed by atoms with E-state index in [1.54, 1.807) is 24.8 Å². The molecule has 0 saturated carbocycles. The second-order valence-electron chi connectivity index (χ2n) is 10.9. The Kier molecular flexibility index (Phi) is 5.86. The molecule has 0 N–H and O–H groups in total. The van der Waals surface area contributed by atoms with Crippen LogP contribution in [0.25, 0.3) is 76.8 Å². The Labute approximate surface area is 254 Å². The Bertz CT molecular complexity index is 2200. The molecule has 0 fully saturated rings. The highest BCUT2D eigenvalue weighted by atomic mass is 14.6. The van der Waals surface area contributed by atoms with Gasteiger partial charge in [0, 0.05) is 35.9 Å². The molecule has 0 radical (unpaired) electrons. The number of hydrogen-bond donors (Lipinski definition) is 0. The highest BCUT2D eigenvalue weighted by molar-refractivity contribution is 6.24. The van der Waals surface area contributed by atoms with E-state index in [0.29, 0.717) is 11.1 Å². The number of benzene rings is 6. The fourth-order valence-corrected chi connectivity index (χ4v) is 6.33. The summed E-state index contributed by atoms with van der Waals surface area (Å²) in [5, 5.41) is 26.4. The van der Waals surface area contributed by atoms with Gasteiger partial charge in [0.25, 0.3) is 0 Å². The highest BCUT2D eigenvalue weighted by Gasteiger charge is 2.13. The monoisotopic (exact) mass is 558 g/mol. The number of aromatic nitrogens is 2. The van der Waals surface area contributed by atoms with Gasteiger partial charge in [-0.05, 0) is 102 Å². The van der Waals surface area contributed by atoms with Crippen molar-refractivity contribution >= 4 is 32.3 Å². The van der Waals surface area contributed by atoms with Crippen molar-refractivity contribution in [3.05, 3.63) is 145 Å². The molecule has 202 valence electrons. The van der Waals surface area contributed by atoms with Crippen LogP contribution in [0.3, 0.4) is 0 Å². The Balaban J connectivity index is 1.17. The van der Waals surface area contributed by atoms with E-state index in [1.165, 1.54) is 32.3 Å². The molecule has 0 atom stereocenters. The van der Waals surface area contributed by atoms with Crippen LogP contribution in [0.5, 0.6) is 0 Å². The van der Waals surface area contributed by atoms with Gasteiger partial charge < -0.3 is 0 Å². The molecule has 2 heterocycles. The van der Waals surface area contributed by atoms with Crippen LogP contribution in [0.15, 0.2) is 134 Å². The first-order valence-corrected chi connectivity index (χ1v) is 14.3. The van der Waals surface area contributed by atoms with Crippen LogP contribution in [0.2, 0.25) is 0 Å². The molecular weight excluding hydrogens is 536 g/mol. The first-order chi connectivity index (χ1) is 21.7. The topological polar surface area (TPSA) is 73.4 Å². The van der Waals surface area contributed by atoms with Crippen LogP contribution in [0.1, 0.15) is 11.1 Å². The first-order valence-electron chi connectivity index (χ1n) is 14.3. The minimum atomic E-state index is 0.572. The summed E-state index contributed by atoms with van der Waals surface area (Å²) in [7, 11) is 0. The number of nitrogens with zero attached hydrogens (tertiary/aromatic N) is 4. The lowest BCUT2D eigenvalue weighted by molar-refractivity contribution is 1.30. The summed E-state index contributed by atoms with van der Waals surface area (Å²) in [4.78, 5) is 8.16. The summed E-state index contributed by atoms with van der Waals surface area (Å²) in [6, 6.07) is 43.0. The third-order valence-electron chi connectivity index (χ3n) is 8.48. The molecule has 44 heavy (non-hydrogen) atoms. The fraction of sp³-hybridized carbons (Fsp3) is 0. The number of hydrogen-bond acceptors (Lipinski definition) is 4. The molecule has 8 rings (SSSR count). The normalized spacial score (nSPS) is 11.1. The van der Waals surface area contributed by atoms with Gasteiger partial charge in [0.1, 0.15) is 12.1 Å². The Morgan fingerprint density at radius 1 is 0.386 bits per heavy atom. The van der Waals surface area contributed by atoms with Crippen molar-refractivity contribution in [2.45, 2.75) is 0 Å². The lowest BCUT2D eigenvalue weighted by Gasteiger charge is -2.15. The molecule has 0 bridgehead atoms. The third-order valence-corrected chi connectivity index (χ3v) is 8.48. The van der Waals surface area contributed by atoms with Gasteiger partial charge in [0.15, 0.2) is 0 Å². The lowest BCUT2D eigenvalue weighted by atomic mass is 9.89. The molecule has 8 aromatic rings. The molecule has 2 aromatic heterocycles. The summed E-state index contributed by atoms with van der Waals surface area (Å²) in [6.45, 7) is 0. The minimum absolute atomic E-state index is 0.572. The van der Waals surface area contributed by atoms with E-state index in [4.69, 9.17) is 0 Å². The van der Waals surface area contributed by atoms with E-state index in [-0.39, 0.29) is 0 Å². The summed E-state index contributed by atoms with van der Waals surface area (Å²) in [6.07, 6.45) is 6.66. The van der Waals surface area contributed by atoms with Gasteiger partial charge in [-0.25, -0.2) is 0 Å². The van der Waals surface area contributed by atoms with Crippen molar-refractivity contribution in [2.75, 3.05) is 0 Å². The largest absolute Gasteiger partial charge is 0.263 e. The molecular formula is C40H22N4. The molecule has 0 saturated heterocycles. The molecule has 0 amide bonds. The molecule has 0 spiro atoms. The predicted molar refractivity (Wildman–Crippen MR) is 177 cm³/mol. The van der Waals surface area contributed by atoms with Crippen molar-refractivity contribution in [3.8, 4) is 56.6 Å². The van der Waals surface area contributed by atoms with E-state index < -0.39 is 0 Å². The summed E-state index contributed by atoms with van der Waals surface area (Å²) < 4.78 is 0. The van der Waals surface area contributed by atoms with Gasteiger partial charge >= 0.3 is 0 Å². The average Bonchev–Trinajstić information content (AvgIpc) is 3.10. The zero-order chi connectivity index (χ0) is 29.6. The standard InChI is InChI=1S/C40H22N4/c41-21-35-23-43-15-13-37(35)27-5-1-25(2-6-27)33-17-29-9-11-31-19-34(20-32-12-10-30(18-33)39(29)40(31)32)26-3-7-28(8-4-26)38-14-16-44-24-36(38)22-42/h1-20,23-24H. The Morgan fingerprint density at radius 2 is 0.727 bits per heavy atom. The van der Waals surface area contributed by atoms with Gasteiger partial charge in [-0.15, -0.1) is 0 Å². The van der Waals surface area contributed by atoms with E-state index in [9.17, 15) is 10.5 Å². The summed E-state index contributed by atoms with van der Waals surface area (Å²) in [5.74, 6) is 0. The highest BCUT2D eigenvalue weighted by Crippen LogP contribution is 2.40. The van der Waals surface area contributed by atoms with Crippen LogP contribution in [0, 0.1) is 22.7 Å². The molecule has 0 aliphatic heterocycles. The van der Waals surface area contributed by atoms with Crippen molar-refractivity contribution < 1.29 is 0 Å². The second-order valence-corrected chi connectivity index (χ2v) is 10.9. The van der Waals surface area contributed by atoms with Crippen LogP contribution >= 0.6 is 0 Å². The third kappa shape index (κ3) is 4.14. The van der Waals surface area contributed by atoms with Crippen LogP contribution in [-0.2, 0) is 0 Å². The molecule has 4 nitrogen and oxygen atoms in total. The molecule has 6 aromatic carbocycles. The summed E-state index contributed by atoms with van der Waals surface area (Å²) >= 11 is 0. The van der Waals surface area contributed by atoms with Crippen molar-refractivity contribution in [3.63, 3.8) is 0 Å². The van der Waals surface area contributed by atoms with Crippen LogP contribution in [0.4, 0.5) is 0 Å². The zero-order valence-corrected chi connectivity index (χ0v) is 23.5. The first kappa shape index (κ1) is 25.4. The maximum Gasteiger partial charge on any atom is 0.101 e.